The van der Waals surface area contributed by atoms with Crippen molar-refractivity contribution in [2.24, 2.45) is 0 Å². The van der Waals surface area contributed by atoms with E-state index in [1.54, 1.807) is 26.2 Å². The van der Waals surface area contributed by atoms with E-state index >= 15 is 0 Å². The Hall–Kier alpha value is -2.38. The first kappa shape index (κ1) is 21.3. The van der Waals surface area contributed by atoms with E-state index in [9.17, 15) is 13.2 Å². The number of carbonyl (C=O) groups excluding carboxylic acids is 1. The molecule has 1 aliphatic rings. The molecule has 0 saturated carbocycles. The van der Waals surface area contributed by atoms with Gasteiger partial charge in [-0.15, -0.1) is 0 Å². The van der Waals surface area contributed by atoms with Crippen LogP contribution in [0.4, 0.5) is 0 Å². The lowest BCUT2D eigenvalue weighted by Gasteiger charge is -2.26. The lowest BCUT2D eigenvalue weighted by molar-refractivity contribution is 0.0950. The third-order valence-corrected chi connectivity index (χ3v) is 7.23. The van der Waals surface area contributed by atoms with E-state index in [-0.39, 0.29) is 10.8 Å². The summed E-state index contributed by atoms with van der Waals surface area (Å²) < 4.78 is 32.7. The van der Waals surface area contributed by atoms with Gasteiger partial charge in [0.15, 0.2) is 0 Å². The minimum absolute atomic E-state index is 0.173. The molecule has 3 rings (SSSR count). The second-order valence-corrected chi connectivity index (χ2v) is 9.37. The number of carbonyl (C=O) groups is 1. The average Bonchev–Trinajstić information content (AvgIpc) is 2.73. The molecule has 2 aromatic rings. The molecule has 0 spiro atoms. The summed E-state index contributed by atoms with van der Waals surface area (Å²) in [6.07, 6.45) is 2.80. The van der Waals surface area contributed by atoms with E-state index in [0.717, 1.165) is 41.7 Å². The number of methoxy groups -OCH3 is 1. The van der Waals surface area contributed by atoms with Crippen molar-refractivity contribution in [3.05, 3.63) is 58.7 Å². The molecule has 6 nitrogen and oxygen atoms in total. The molecular weight excluding hydrogens is 388 g/mol. The van der Waals surface area contributed by atoms with Gasteiger partial charge in [-0.05, 0) is 61.6 Å². The van der Waals surface area contributed by atoms with E-state index in [0.29, 0.717) is 25.2 Å². The van der Waals surface area contributed by atoms with Crippen LogP contribution in [0.15, 0.2) is 41.3 Å². The van der Waals surface area contributed by atoms with E-state index in [1.807, 2.05) is 25.1 Å². The Bertz CT molecular complexity index is 996. The first-order chi connectivity index (χ1) is 13.8. The van der Waals surface area contributed by atoms with Crippen LogP contribution in [0.2, 0.25) is 0 Å². The SMILES string of the molecule is COc1cc(CNC(=O)c2cc(S(=O)(=O)N3CCCCC3)ccc2C)ccc1C. The topological polar surface area (TPSA) is 75.7 Å². The third kappa shape index (κ3) is 4.79. The maximum atomic E-state index is 12.9. The molecule has 0 atom stereocenters. The molecule has 156 valence electrons. The van der Waals surface area contributed by atoms with Crippen LogP contribution in [0, 0.1) is 13.8 Å². The highest BCUT2D eigenvalue weighted by Gasteiger charge is 2.27. The molecule has 1 amide bonds. The quantitative estimate of drug-likeness (QED) is 0.783. The fraction of sp³-hybridized carbons (Fsp3) is 0.409. The molecule has 0 radical (unpaired) electrons. The molecule has 1 fully saturated rings. The number of nitrogens with one attached hydrogen (secondary N) is 1. The predicted molar refractivity (Wildman–Crippen MR) is 113 cm³/mol. The molecular formula is C22H28N2O4S. The highest BCUT2D eigenvalue weighted by molar-refractivity contribution is 7.89. The van der Waals surface area contributed by atoms with Gasteiger partial charge in [0.25, 0.3) is 5.91 Å². The lowest BCUT2D eigenvalue weighted by Crippen LogP contribution is -2.35. The van der Waals surface area contributed by atoms with Crippen molar-refractivity contribution in [2.75, 3.05) is 20.2 Å². The number of sulfonamides is 1. The molecule has 1 saturated heterocycles. The molecule has 0 aliphatic carbocycles. The van der Waals surface area contributed by atoms with Crippen LogP contribution in [0.1, 0.15) is 46.3 Å². The van der Waals surface area contributed by atoms with Crippen LogP contribution in [0.3, 0.4) is 0 Å². The summed E-state index contributed by atoms with van der Waals surface area (Å²) in [5.74, 6) is 0.472. The van der Waals surface area contributed by atoms with Crippen LogP contribution in [-0.4, -0.2) is 38.8 Å². The number of ether oxygens (including phenoxy) is 1. The molecule has 1 aliphatic heterocycles. The van der Waals surface area contributed by atoms with Crippen molar-refractivity contribution in [3.63, 3.8) is 0 Å². The van der Waals surface area contributed by atoms with Gasteiger partial charge in [0, 0.05) is 25.2 Å². The van der Waals surface area contributed by atoms with Crippen molar-refractivity contribution in [2.45, 2.75) is 44.6 Å². The first-order valence-electron chi connectivity index (χ1n) is 9.85. The number of aryl methyl sites for hydroxylation is 2. The van der Waals surface area contributed by atoms with Gasteiger partial charge in [-0.2, -0.15) is 4.31 Å². The fourth-order valence-corrected chi connectivity index (χ4v) is 5.06. The minimum Gasteiger partial charge on any atom is -0.496 e. The summed E-state index contributed by atoms with van der Waals surface area (Å²) in [6.45, 7) is 5.16. The molecule has 2 aromatic carbocycles. The van der Waals surface area contributed by atoms with Gasteiger partial charge in [0.2, 0.25) is 10.0 Å². The Balaban J connectivity index is 1.78. The molecule has 29 heavy (non-hydrogen) atoms. The largest absolute Gasteiger partial charge is 0.496 e. The third-order valence-electron chi connectivity index (χ3n) is 5.33. The molecule has 1 N–H and O–H groups in total. The summed E-state index contributed by atoms with van der Waals surface area (Å²) in [7, 11) is -1.97. The highest BCUT2D eigenvalue weighted by Crippen LogP contribution is 2.23. The summed E-state index contributed by atoms with van der Waals surface area (Å²) in [4.78, 5) is 12.9. The molecule has 0 aromatic heterocycles. The maximum Gasteiger partial charge on any atom is 0.251 e. The van der Waals surface area contributed by atoms with Crippen molar-refractivity contribution in [3.8, 4) is 5.75 Å². The zero-order valence-corrected chi connectivity index (χ0v) is 18.0. The van der Waals surface area contributed by atoms with Crippen molar-refractivity contribution in [1.82, 2.24) is 9.62 Å². The number of hydrogen-bond acceptors (Lipinski definition) is 4. The monoisotopic (exact) mass is 416 g/mol. The second kappa shape index (κ2) is 8.97. The zero-order valence-electron chi connectivity index (χ0n) is 17.2. The van der Waals surface area contributed by atoms with Gasteiger partial charge in [0.05, 0.1) is 12.0 Å². The van der Waals surface area contributed by atoms with E-state index in [1.165, 1.54) is 10.4 Å². The first-order valence-corrected chi connectivity index (χ1v) is 11.3. The number of piperidine rings is 1. The Morgan fingerprint density at radius 1 is 1.03 bits per heavy atom. The van der Waals surface area contributed by atoms with E-state index < -0.39 is 10.0 Å². The van der Waals surface area contributed by atoms with Gasteiger partial charge in [-0.1, -0.05) is 24.6 Å². The Morgan fingerprint density at radius 3 is 2.41 bits per heavy atom. The van der Waals surface area contributed by atoms with Crippen molar-refractivity contribution >= 4 is 15.9 Å². The van der Waals surface area contributed by atoms with Crippen molar-refractivity contribution < 1.29 is 17.9 Å². The van der Waals surface area contributed by atoms with Gasteiger partial charge < -0.3 is 10.1 Å². The summed E-state index contributed by atoms with van der Waals surface area (Å²) in [5, 5.41) is 2.88. The van der Waals surface area contributed by atoms with E-state index in [2.05, 4.69) is 5.32 Å². The summed E-state index contributed by atoms with van der Waals surface area (Å²) in [6, 6.07) is 10.5. The van der Waals surface area contributed by atoms with Gasteiger partial charge in [0.1, 0.15) is 5.75 Å². The van der Waals surface area contributed by atoms with Crippen LogP contribution in [-0.2, 0) is 16.6 Å². The molecule has 0 bridgehead atoms. The van der Waals surface area contributed by atoms with Crippen LogP contribution >= 0.6 is 0 Å². The van der Waals surface area contributed by atoms with Crippen LogP contribution in [0.5, 0.6) is 5.75 Å². The lowest BCUT2D eigenvalue weighted by atomic mass is 10.1. The number of amides is 1. The smallest absolute Gasteiger partial charge is 0.251 e. The Morgan fingerprint density at radius 2 is 1.72 bits per heavy atom. The minimum atomic E-state index is -3.58. The molecule has 1 heterocycles. The van der Waals surface area contributed by atoms with Gasteiger partial charge in [-0.25, -0.2) is 8.42 Å². The van der Waals surface area contributed by atoms with Crippen LogP contribution in [0.25, 0.3) is 0 Å². The number of hydrogen-bond donors (Lipinski definition) is 1. The van der Waals surface area contributed by atoms with Gasteiger partial charge >= 0.3 is 0 Å². The number of benzene rings is 2. The highest BCUT2D eigenvalue weighted by atomic mass is 32.2. The summed E-state index contributed by atoms with van der Waals surface area (Å²) in [5.41, 5.74) is 3.05. The number of nitrogens with zero attached hydrogens (tertiary/aromatic N) is 1. The predicted octanol–water partition coefficient (Wildman–Crippen LogP) is 3.42. The average molecular weight is 417 g/mol. The number of rotatable bonds is 6. The van der Waals surface area contributed by atoms with Gasteiger partial charge in [-0.3, -0.25) is 4.79 Å². The van der Waals surface area contributed by atoms with E-state index in [4.69, 9.17) is 4.74 Å². The maximum absolute atomic E-state index is 12.9. The van der Waals surface area contributed by atoms with Crippen LogP contribution < -0.4 is 10.1 Å². The second-order valence-electron chi connectivity index (χ2n) is 7.43. The van der Waals surface area contributed by atoms with Crippen molar-refractivity contribution in [1.29, 1.82) is 0 Å². The fourth-order valence-electron chi connectivity index (χ4n) is 3.51. The zero-order chi connectivity index (χ0) is 21.0. The Labute approximate surface area is 172 Å². The molecule has 0 unspecified atom stereocenters. The summed E-state index contributed by atoms with van der Waals surface area (Å²) >= 11 is 0. The molecule has 7 heteroatoms. The standard InChI is InChI=1S/C22H28N2O4S/c1-16-8-10-19(29(26,27)24-11-5-4-6-12-24)14-20(16)22(25)23-15-18-9-7-17(2)21(13-18)28-3/h7-10,13-14H,4-6,11-12,15H2,1-3H3,(H,23,25). The normalized spacial score (nSPS) is 15.1. The Kier molecular flexibility index (Phi) is 6.59.